The molecule has 0 aromatic carbocycles. The third-order valence-corrected chi connectivity index (χ3v) is 3.68. The molecule has 3 rings (SSSR count). The first-order chi connectivity index (χ1) is 11.3. The molecule has 0 amide bonds. The second kappa shape index (κ2) is 9.24. The predicted octanol–water partition coefficient (Wildman–Crippen LogP) is -1.02. The van der Waals surface area contributed by atoms with Crippen molar-refractivity contribution in [2.75, 3.05) is 66.1 Å². The van der Waals surface area contributed by atoms with E-state index in [1.807, 2.05) is 0 Å². The highest BCUT2D eigenvalue weighted by atomic mass is 16.6. The molecule has 1 N–H and O–H groups in total. The maximum absolute atomic E-state index is 9.74. The van der Waals surface area contributed by atoms with Crippen molar-refractivity contribution >= 4 is 0 Å². The Balaban J connectivity index is 1.20. The minimum Gasteiger partial charge on any atom is -0.388 e. The summed E-state index contributed by atoms with van der Waals surface area (Å²) in [5.41, 5.74) is 0. The Bertz CT molecular complexity index is 333. The molecule has 0 aliphatic carbocycles. The van der Waals surface area contributed by atoms with Crippen LogP contribution in [0.3, 0.4) is 0 Å². The molecule has 0 spiro atoms. The summed E-state index contributed by atoms with van der Waals surface area (Å²) in [6, 6.07) is 0. The highest BCUT2D eigenvalue weighted by Gasteiger charge is 2.26. The van der Waals surface area contributed by atoms with E-state index in [4.69, 9.17) is 33.2 Å². The zero-order chi connectivity index (χ0) is 15.9. The molecule has 134 valence electrons. The Morgan fingerprint density at radius 2 is 1.39 bits per heavy atom. The number of rotatable bonds is 11. The Labute approximate surface area is 135 Å². The van der Waals surface area contributed by atoms with Crippen LogP contribution in [-0.4, -0.2) is 102 Å². The molecule has 3 heterocycles. The molecule has 0 radical (unpaired) electrons. The molecule has 0 aromatic heterocycles. The van der Waals surface area contributed by atoms with E-state index >= 15 is 0 Å². The summed E-state index contributed by atoms with van der Waals surface area (Å²) in [7, 11) is 0. The molecule has 3 aliphatic rings. The highest BCUT2D eigenvalue weighted by Crippen LogP contribution is 2.12. The standard InChI is InChI=1S/C15H26O8/c16-11(2-18-5-13-8-21-13)1-17-3-12-4-19-6-14(7-20-12)22-9-15-10-23-15/h11-16H,1-10H2. The normalized spacial score (nSPS) is 34.8. The first kappa shape index (κ1) is 17.5. The minimum absolute atomic E-state index is 0.0622. The third kappa shape index (κ3) is 7.40. The van der Waals surface area contributed by atoms with Gasteiger partial charge in [0.05, 0.1) is 66.1 Å². The number of hydrogen-bond donors (Lipinski definition) is 1. The van der Waals surface area contributed by atoms with Gasteiger partial charge >= 0.3 is 0 Å². The monoisotopic (exact) mass is 334 g/mol. The van der Waals surface area contributed by atoms with Gasteiger partial charge in [0.2, 0.25) is 0 Å². The minimum atomic E-state index is -0.643. The van der Waals surface area contributed by atoms with Crippen LogP contribution in [0.5, 0.6) is 0 Å². The second-order valence-electron chi connectivity index (χ2n) is 6.09. The number of epoxide rings is 2. The van der Waals surface area contributed by atoms with Crippen LogP contribution in [-0.2, 0) is 33.2 Å². The summed E-state index contributed by atoms with van der Waals surface area (Å²) in [5, 5.41) is 9.74. The van der Waals surface area contributed by atoms with E-state index in [0.29, 0.717) is 39.6 Å². The number of aliphatic hydroxyl groups is 1. The average Bonchev–Trinajstić information content (AvgIpc) is 3.39. The van der Waals surface area contributed by atoms with Gasteiger partial charge < -0.3 is 38.3 Å². The lowest BCUT2D eigenvalue weighted by Gasteiger charge is -2.17. The van der Waals surface area contributed by atoms with Gasteiger partial charge in [0.25, 0.3) is 0 Å². The van der Waals surface area contributed by atoms with Crippen molar-refractivity contribution in [1.29, 1.82) is 0 Å². The Morgan fingerprint density at radius 1 is 0.783 bits per heavy atom. The quantitative estimate of drug-likeness (QED) is 0.480. The fourth-order valence-electron chi connectivity index (χ4n) is 2.15. The van der Waals surface area contributed by atoms with Crippen molar-refractivity contribution in [2.45, 2.75) is 30.5 Å². The fraction of sp³-hybridized carbons (Fsp3) is 1.00. The summed E-state index contributed by atoms with van der Waals surface area (Å²) in [6.45, 7) is 4.96. The lowest BCUT2D eigenvalue weighted by atomic mass is 10.4. The van der Waals surface area contributed by atoms with E-state index in [2.05, 4.69) is 0 Å². The molecule has 3 saturated heterocycles. The van der Waals surface area contributed by atoms with Gasteiger partial charge in [-0.2, -0.15) is 0 Å². The van der Waals surface area contributed by atoms with Crippen LogP contribution in [0.1, 0.15) is 0 Å². The molecule has 0 saturated carbocycles. The van der Waals surface area contributed by atoms with Crippen molar-refractivity contribution in [2.24, 2.45) is 0 Å². The van der Waals surface area contributed by atoms with Crippen LogP contribution >= 0.6 is 0 Å². The zero-order valence-corrected chi connectivity index (χ0v) is 13.3. The van der Waals surface area contributed by atoms with Crippen LogP contribution in [0, 0.1) is 0 Å². The van der Waals surface area contributed by atoms with E-state index in [0.717, 1.165) is 13.2 Å². The van der Waals surface area contributed by atoms with Crippen molar-refractivity contribution in [3.63, 3.8) is 0 Å². The molecule has 8 nitrogen and oxygen atoms in total. The van der Waals surface area contributed by atoms with Gasteiger partial charge in [-0.3, -0.25) is 0 Å². The molecular weight excluding hydrogens is 308 g/mol. The molecule has 0 aromatic rings. The van der Waals surface area contributed by atoms with Gasteiger partial charge in [0.15, 0.2) is 0 Å². The van der Waals surface area contributed by atoms with Crippen molar-refractivity contribution < 1.29 is 38.3 Å². The highest BCUT2D eigenvalue weighted by molar-refractivity contribution is 4.71. The first-order valence-electron chi connectivity index (χ1n) is 8.17. The zero-order valence-electron chi connectivity index (χ0n) is 13.3. The number of ether oxygens (including phenoxy) is 7. The topological polar surface area (TPSA) is 91.4 Å². The Kier molecular flexibility index (Phi) is 7.03. The van der Waals surface area contributed by atoms with E-state index in [9.17, 15) is 5.11 Å². The maximum Gasteiger partial charge on any atom is 0.104 e. The van der Waals surface area contributed by atoms with Crippen molar-refractivity contribution in [3.8, 4) is 0 Å². The van der Waals surface area contributed by atoms with Crippen LogP contribution in [0.25, 0.3) is 0 Å². The van der Waals surface area contributed by atoms with Gasteiger partial charge in [0, 0.05) is 0 Å². The smallest absolute Gasteiger partial charge is 0.104 e. The Hall–Kier alpha value is -0.320. The molecule has 5 atom stereocenters. The van der Waals surface area contributed by atoms with Gasteiger partial charge in [-0.25, -0.2) is 0 Å². The predicted molar refractivity (Wildman–Crippen MR) is 77.4 cm³/mol. The lowest BCUT2D eigenvalue weighted by molar-refractivity contribution is -0.0729. The van der Waals surface area contributed by atoms with E-state index in [1.165, 1.54) is 0 Å². The molecule has 5 unspecified atom stereocenters. The summed E-state index contributed by atoms with van der Waals surface area (Å²) in [6.07, 6.45) is -0.398. The molecule has 3 fully saturated rings. The first-order valence-corrected chi connectivity index (χ1v) is 8.17. The van der Waals surface area contributed by atoms with Crippen LogP contribution < -0.4 is 0 Å². The summed E-state index contributed by atoms with van der Waals surface area (Å²) in [4.78, 5) is 0. The van der Waals surface area contributed by atoms with Crippen LogP contribution in [0.4, 0.5) is 0 Å². The fourth-order valence-corrected chi connectivity index (χ4v) is 2.15. The Morgan fingerprint density at radius 3 is 2.04 bits per heavy atom. The maximum atomic E-state index is 9.74. The summed E-state index contributed by atoms with van der Waals surface area (Å²) >= 11 is 0. The van der Waals surface area contributed by atoms with Gasteiger partial charge in [-0.15, -0.1) is 0 Å². The van der Waals surface area contributed by atoms with E-state index in [1.54, 1.807) is 0 Å². The van der Waals surface area contributed by atoms with E-state index in [-0.39, 0.29) is 37.6 Å². The van der Waals surface area contributed by atoms with Gasteiger partial charge in [-0.1, -0.05) is 0 Å². The molecule has 8 heteroatoms. The van der Waals surface area contributed by atoms with E-state index < -0.39 is 6.10 Å². The molecule has 3 aliphatic heterocycles. The number of aliphatic hydroxyl groups excluding tert-OH is 1. The SMILES string of the molecule is OC(COCC1COCC(OCC2CO2)CO1)COCC1CO1. The third-order valence-electron chi connectivity index (χ3n) is 3.68. The van der Waals surface area contributed by atoms with Gasteiger partial charge in [0.1, 0.15) is 30.5 Å². The number of hydrogen-bond acceptors (Lipinski definition) is 8. The van der Waals surface area contributed by atoms with Crippen LogP contribution in [0.15, 0.2) is 0 Å². The summed E-state index contributed by atoms with van der Waals surface area (Å²) < 4.78 is 37.9. The molecule has 23 heavy (non-hydrogen) atoms. The van der Waals surface area contributed by atoms with Crippen LogP contribution in [0.2, 0.25) is 0 Å². The second-order valence-corrected chi connectivity index (χ2v) is 6.09. The van der Waals surface area contributed by atoms with Gasteiger partial charge in [-0.05, 0) is 0 Å². The van der Waals surface area contributed by atoms with Crippen molar-refractivity contribution in [1.82, 2.24) is 0 Å². The molecule has 0 bridgehead atoms. The largest absolute Gasteiger partial charge is 0.388 e. The molecular formula is C15H26O8. The summed E-state index contributed by atoms with van der Waals surface area (Å²) in [5.74, 6) is 0. The lowest BCUT2D eigenvalue weighted by Crippen LogP contribution is -2.29. The average molecular weight is 334 g/mol. The van der Waals surface area contributed by atoms with Crippen molar-refractivity contribution in [3.05, 3.63) is 0 Å².